The molecule has 0 amide bonds. The van der Waals surface area contributed by atoms with E-state index < -0.39 is 23.9 Å². The summed E-state index contributed by atoms with van der Waals surface area (Å²) in [5, 5.41) is 8.79. The third kappa shape index (κ3) is 4.00. The van der Waals surface area contributed by atoms with Crippen LogP contribution in [0.5, 0.6) is 0 Å². The summed E-state index contributed by atoms with van der Waals surface area (Å²) in [7, 11) is 0. The maximum absolute atomic E-state index is 13.6. The molecule has 0 radical (unpaired) electrons. The van der Waals surface area contributed by atoms with E-state index >= 15 is 0 Å². The van der Waals surface area contributed by atoms with E-state index in [0.29, 0.717) is 25.7 Å². The number of carboxylic acid groups (broad SMARTS) is 1. The average molecular weight is 356 g/mol. The minimum absolute atomic E-state index is 0.0394. The second-order valence-electron chi connectivity index (χ2n) is 7.56. The number of carboxylic acids is 1. The Labute approximate surface area is 145 Å². The molecule has 2 aliphatic carbocycles. The first-order valence-corrected chi connectivity index (χ1v) is 8.75. The summed E-state index contributed by atoms with van der Waals surface area (Å²) in [4.78, 5) is 10.7. The molecule has 1 aromatic rings. The molecular formula is C19H23F3O3. The molecule has 3 nitrogen and oxygen atoms in total. The number of aliphatic carboxylic acids is 1. The van der Waals surface area contributed by atoms with Crippen LogP contribution < -0.4 is 0 Å². The number of fused-ring (bicyclic) bond motifs is 2. The molecule has 2 aliphatic rings. The minimum Gasteiger partial charge on any atom is -0.481 e. The molecule has 3 rings (SSSR count). The highest BCUT2D eigenvalue weighted by Gasteiger charge is 2.57. The normalized spacial score (nSPS) is 29.7. The van der Waals surface area contributed by atoms with Crippen molar-refractivity contribution in [3.8, 4) is 0 Å². The second kappa shape index (κ2) is 6.63. The van der Waals surface area contributed by atoms with Gasteiger partial charge in [-0.2, -0.15) is 13.2 Å². The van der Waals surface area contributed by atoms with E-state index in [4.69, 9.17) is 9.84 Å². The van der Waals surface area contributed by atoms with E-state index in [1.54, 1.807) is 18.2 Å². The monoisotopic (exact) mass is 356 g/mol. The van der Waals surface area contributed by atoms with Gasteiger partial charge >= 0.3 is 12.1 Å². The number of halogens is 3. The molecule has 1 unspecified atom stereocenters. The zero-order valence-electron chi connectivity index (χ0n) is 14.0. The highest BCUT2D eigenvalue weighted by atomic mass is 19.4. The van der Waals surface area contributed by atoms with Crippen LogP contribution in [0.4, 0.5) is 13.2 Å². The van der Waals surface area contributed by atoms with Crippen molar-refractivity contribution in [1.29, 1.82) is 0 Å². The summed E-state index contributed by atoms with van der Waals surface area (Å²) in [6.07, 6.45) is -1.39. The van der Waals surface area contributed by atoms with Crippen LogP contribution in [0.1, 0.15) is 63.0 Å². The molecule has 1 atom stereocenters. The Balaban J connectivity index is 1.71. The third-order valence-corrected chi connectivity index (χ3v) is 5.78. The Hall–Kier alpha value is -1.56. The molecule has 0 heterocycles. The van der Waals surface area contributed by atoms with Crippen LogP contribution in [0.3, 0.4) is 0 Å². The molecule has 6 heteroatoms. The standard InChI is InChI=1S/C19H23F3O3/c20-19(21,22)16(14-5-2-1-3-6-14)25-18-11-9-17(13-18,10-12-18)8-4-7-15(23)24/h1-3,5-6,16H,4,7-13H2,(H,23,24). The van der Waals surface area contributed by atoms with Gasteiger partial charge in [0.15, 0.2) is 6.10 Å². The fraction of sp³-hybridized carbons (Fsp3) is 0.632. The average Bonchev–Trinajstić information content (AvgIpc) is 3.08. The Morgan fingerprint density at radius 2 is 1.80 bits per heavy atom. The Morgan fingerprint density at radius 3 is 2.36 bits per heavy atom. The van der Waals surface area contributed by atoms with Gasteiger partial charge in [0.25, 0.3) is 0 Å². The van der Waals surface area contributed by atoms with Crippen molar-refractivity contribution in [2.75, 3.05) is 0 Å². The van der Waals surface area contributed by atoms with E-state index in [-0.39, 0.29) is 17.4 Å². The SMILES string of the molecule is O=C(O)CCCC12CCC(OC(c3ccccc3)C(F)(F)F)(CC1)C2. The van der Waals surface area contributed by atoms with Gasteiger partial charge in [0.2, 0.25) is 0 Å². The van der Waals surface area contributed by atoms with Crippen LogP contribution in [0.15, 0.2) is 30.3 Å². The number of hydrogen-bond donors (Lipinski definition) is 1. The third-order valence-electron chi connectivity index (χ3n) is 5.78. The maximum Gasteiger partial charge on any atom is 0.418 e. The van der Waals surface area contributed by atoms with Crippen LogP contribution in [-0.2, 0) is 9.53 Å². The number of hydrogen-bond acceptors (Lipinski definition) is 2. The molecule has 0 aromatic heterocycles. The van der Waals surface area contributed by atoms with Gasteiger partial charge in [-0.25, -0.2) is 0 Å². The van der Waals surface area contributed by atoms with Crippen LogP contribution in [0.2, 0.25) is 0 Å². The lowest BCUT2D eigenvalue weighted by atomic mass is 9.80. The van der Waals surface area contributed by atoms with Gasteiger partial charge in [-0.3, -0.25) is 4.79 Å². The first kappa shape index (κ1) is 18.2. The van der Waals surface area contributed by atoms with Crippen molar-refractivity contribution < 1.29 is 27.8 Å². The second-order valence-corrected chi connectivity index (χ2v) is 7.56. The van der Waals surface area contributed by atoms with E-state index in [0.717, 1.165) is 19.3 Å². The van der Waals surface area contributed by atoms with Crippen LogP contribution >= 0.6 is 0 Å². The topological polar surface area (TPSA) is 46.5 Å². The number of benzene rings is 1. The zero-order valence-corrected chi connectivity index (χ0v) is 14.0. The van der Waals surface area contributed by atoms with Gasteiger partial charge in [-0.1, -0.05) is 30.3 Å². The van der Waals surface area contributed by atoms with Crippen molar-refractivity contribution in [2.24, 2.45) is 5.41 Å². The molecule has 2 fully saturated rings. The highest BCUT2D eigenvalue weighted by Crippen LogP contribution is 2.62. The molecule has 0 saturated heterocycles. The number of ether oxygens (including phenoxy) is 1. The fourth-order valence-electron chi connectivity index (χ4n) is 4.59. The minimum atomic E-state index is -4.45. The van der Waals surface area contributed by atoms with E-state index in [9.17, 15) is 18.0 Å². The van der Waals surface area contributed by atoms with Crippen molar-refractivity contribution >= 4 is 5.97 Å². The van der Waals surface area contributed by atoms with Crippen molar-refractivity contribution in [2.45, 2.75) is 69.2 Å². The first-order valence-electron chi connectivity index (χ1n) is 8.75. The molecule has 1 N–H and O–H groups in total. The summed E-state index contributed by atoms with van der Waals surface area (Å²) in [5.41, 5.74) is -0.624. The van der Waals surface area contributed by atoms with Crippen molar-refractivity contribution in [3.05, 3.63) is 35.9 Å². The Bertz CT molecular complexity index is 604. The lowest BCUT2D eigenvalue weighted by Crippen LogP contribution is -2.35. The summed E-state index contributed by atoms with van der Waals surface area (Å²) in [6.45, 7) is 0. The zero-order chi connectivity index (χ0) is 18.1. The van der Waals surface area contributed by atoms with Gasteiger partial charge in [-0.05, 0) is 55.9 Å². The molecule has 2 saturated carbocycles. The molecule has 0 spiro atoms. The molecule has 2 bridgehead atoms. The van der Waals surface area contributed by atoms with Crippen molar-refractivity contribution in [1.82, 2.24) is 0 Å². The number of carbonyl (C=O) groups is 1. The van der Waals surface area contributed by atoms with Crippen LogP contribution in [-0.4, -0.2) is 22.9 Å². The van der Waals surface area contributed by atoms with Gasteiger partial charge in [-0.15, -0.1) is 0 Å². The van der Waals surface area contributed by atoms with E-state index in [2.05, 4.69) is 0 Å². The van der Waals surface area contributed by atoms with Gasteiger partial charge < -0.3 is 9.84 Å². The lowest BCUT2D eigenvalue weighted by molar-refractivity contribution is -0.256. The highest BCUT2D eigenvalue weighted by molar-refractivity contribution is 5.66. The Kier molecular flexibility index (Phi) is 4.84. The van der Waals surface area contributed by atoms with Crippen LogP contribution in [0.25, 0.3) is 0 Å². The molecular weight excluding hydrogens is 333 g/mol. The molecule has 1 aromatic carbocycles. The summed E-state index contributed by atoms with van der Waals surface area (Å²) in [6, 6.07) is 7.79. The number of alkyl halides is 3. The summed E-state index contributed by atoms with van der Waals surface area (Å²) < 4.78 is 46.5. The first-order chi connectivity index (χ1) is 11.7. The van der Waals surface area contributed by atoms with E-state index in [1.807, 2.05) is 0 Å². The molecule has 0 aliphatic heterocycles. The van der Waals surface area contributed by atoms with Crippen molar-refractivity contribution in [3.63, 3.8) is 0 Å². The van der Waals surface area contributed by atoms with E-state index in [1.165, 1.54) is 12.1 Å². The summed E-state index contributed by atoms with van der Waals surface area (Å²) in [5.74, 6) is -0.823. The predicted molar refractivity (Wildman–Crippen MR) is 86.1 cm³/mol. The van der Waals surface area contributed by atoms with Gasteiger partial charge in [0.05, 0.1) is 5.60 Å². The van der Waals surface area contributed by atoms with Gasteiger partial charge in [0.1, 0.15) is 0 Å². The maximum atomic E-state index is 13.6. The quantitative estimate of drug-likeness (QED) is 0.724. The Morgan fingerprint density at radius 1 is 1.16 bits per heavy atom. The fourth-order valence-corrected chi connectivity index (χ4v) is 4.59. The largest absolute Gasteiger partial charge is 0.481 e. The van der Waals surface area contributed by atoms with Crippen LogP contribution in [0, 0.1) is 5.41 Å². The molecule has 25 heavy (non-hydrogen) atoms. The number of rotatable bonds is 7. The summed E-state index contributed by atoms with van der Waals surface area (Å²) >= 11 is 0. The lowest BCUT2D eigenvalue weighted by Gasteiger charge is -2.33. The van der Waals surface area contributed by atoms with Gasteiger partial charge in [0, 0.05) is 6.42 Å². The molecule has 138 valence electrons. The predicted octanol–water partition coefficient (Wildman–Crippen LogP) is 5.26. The smallest absolute Gasteiger partial charge is 0.418 e.